The van der Waals surface area contributed by atoms with Crippen molar-refractivity contribution in [2.45, 2.75) is 6.92 Å². The third kappa shape index (κ3) is 3.47. The van der Waals surface area contributed by atoms with E-state index >= 15 is 0 Å². The fraction of sp³-hybridized carbons (Fsp3) is 0.0455. The molecule has 0 radical (unpaired) electrons. The van der Waals surface area contributed by atoms with Crippen molar-refractivity contribution in [3.63, 3.8) is 0 Å². The van der Waals surface area contributed by atoms with Crippen molar-refractivity contribution in [3.05, 3.63) is 72.6 Å². The molecule has 4 rings (SSSR count). The number of hydrazone groups is 1. The van der Waals surface area contributed by atoms with Crippen LogP contribution in [0.15, 0.2) is 72.0 Å². The molecule has 8 nitrogen and oxygen atoms in total. The Labute approximate surface area is 172 Å². The number of rotatable bonds is 5. The van der Waals surface area contributed by atoms with Crippen molar-refractivity contribution in [2.24, 2.45) is 10.8 Å². The number of nitrogens with zero attached hydrogens (tertiary/aromatic N) is 5. The summed E-state index contributed by atoms with van der Waals surface area (Å²) >= 11 is 0. The number of fused-ring (bicyclic) bond motifs is 1. The Kier molecular flexibility index (Phi) is 4.93. The smallest absolute Gasteiger partial charge is 0.201 e. The maximum Gasteiger partial charge on any atom is 0.201 e. The summed E-state index contributed by atoms with van der Waals surface area (Å²) in [6.07, 6.45) is 1.76. The van der Waals surface area contributed by atoms with E-state index in [0.29, 0.717) is 5.69 Å². The number of hydrogen-bond donors (Lipinski definition) is 3. The molecule has 4 N–H and O–H groups in total. The summed E-state index contributed by atoms with van der Waals surface area (Å²) in [5.74, 6) is -0.391. The van der Waals surface area contributed by atoms with E-state index in [1.807, 2.05) is 72.1 Å². The summed E-state index contributed by atoms with van der Waals surface area (Å²) in [5, 5.41) is 24.9. The van der Waals surface area contributed by atoms with Crippen LogP contribution in [-0.4, -0.2) is 26.1 Å². The van der Waals surface area contributed by atoms with Crippen LogP contribution in [0.1, 0.15) is 5.69 Å². The molecule has 4 aromatic rings. The summed E-state index contributed by atoms with van der Waals surface area (Å²) in [7, 11) is 0. The Hall–Kier alpha value is -4.51. The van der Waals surface area contributed by atoms with E-state index in [-0.39, 0.29) is 5.71 Å². The molecule has 2 aromatic carbocycles. The first-order valence-corrected chi connectivity index (χ1v) is 9.17. The minimum Gasteiger partial charge on any atom is -0.382 e. The van der Waals surface area contributed by atoms with Gasteiger partial charge in [0, 0.05) is 17.3 Å². The highest BCUT2D eigenvalue weighted by molar-refractivity contribution is 6.45. The third-order valence-electron chi connectivity index (χ3n) is 4.57. The quantitative estimate of drug-likeness (QED) is 0.271. The predicted molar refractivity (Wildman–Crippen MR) is 117 cm³/mol. The normalized spacial score (nSPS) is 11.3. The van der Waals surface area contributed by atoms with Crippen molar-refractivity contribution in [3.8, 4) is 28.5 Å². The molecule has 0 atom stereocenters. The van der Waals surface area contributed by atoms with Crippen LogP contribution in [-0.2, 0) is 0 Å². The van der Waals surface area contributed by atoms with Gasteiger partial charge in [-0.1, -0.05) is 42.5 Å². The zero-order chi connectivity index (χ0) is 21.1. The van der Waals surface area contributed by atoms with Gasteiger partial charge in [0.1, 0.15) is 6.07 Å². The van der Waals surface area contributed by atoms with Gasteiger partial charge in [0.25, 0.3) is 0 Å². The molecule has 2 aromatic heterocycles. The predicted octanol–water partition coefficient (Wildman–Crippen LogP) is 3.60. The number of benzene rings is 2. The summed E-state index contributed by atoms with van der Waals surface area (Å²) < 4.78 is 1.83. The van der Waals surface area contributed by atoms with Crippen LogP contribution < -0.4 is 11.2 Å². The number of hydrogen-bond acceptors (Lipinski definition) is 6. The zero-order valence-corrected chi connectivity index (χ0v) is 16.2. The van der Waals surface area contributed by atoms with Crippen molar-refractivity contribution < 1.29 is 0 Å². The lowest BCUT2D eigenvalue weighted by Gasteiger charge is -2.08. The van der Waals surface area contributed by atoms with Gasteiger partial charge in [-0.05, 0) is 30.7 Å². The standard InChI is InChI=1S/C22H18N8/c1-14-20(15-6-3-2-4-7-15)22-26-11-10-19(30(22)29-14)16-8-5-9-17(12-16)27-28-18(13-23)21(24)25/h2-12,27H,1H3,(H3,24,25)/b28-18+. The van der Waals surface area contributed by atoms with Crippen LogP contribution in [0, 0.1) is 23.7 Å². The van der Waals surface area contributed by atoms with Gasteiger partial charge in [0.2, 0.25) is 5.71 Å². The van der Waals surface area contributed by atoms with E-state index in [1.165, 1.54) is 0 Å². The van der Waals surface area contributed by atoms with E-state index in [9.17, 15) is 0 Å². The monoisotopic (exact) mass is 394 g/mol. The minimum absolute atomic E-state index is 0.179. The number of nitrogens with two attached hydrogens (primary N) is 1. The van der Waals surface area contributed by atoms with E-state index in [1.54, 1.807) is 12.3 Å². The van der Waals surface area contributed by atoms with Crippen molar-refractivity contribution in [1.29, 1.82) is 10.7 Å². The van der Waals surface area contributed by atoms with Crippen LogP contribution in [0.25, 0.3) is 28.0 Å². The van der Waals surface area contributed by atoms with Crippen LogP contribution in [0.5, 0.6) is 0 Å². The Morgan fingerprint density at radius 3 is 2.63 bits per heavy atom. The lowest BCUT2D eigenvalue weighted by molar-refractivity contribution is 0.925. The molecule has 0 unspecified atom stereocenters. The highest BCUT2D eigenvalue weighted by atomic mass is 15.3. The summed E-state index contributed by atoms with van der Waals surface area (Å²) in [5.41, 5.74) is 14.1. The average molecular weight is 394 g/mol. The Morgan fingerprint density at radius 2 is 1.90 bits per heavy atom. The molecule has 8 heteroatoms. The molecule has 0 amide bonds. The molecule has 0 fully saturated rings. The van der Waals surface area contributed by atoms with Crippen LogP contribution in [0.2, 0.25) is 0 Å². The van der Waals surface area contributed by atoms with Gasteiger partial charge in [-0.3, -0.25) is 10.8 Å². The lowest BCUT2D eigenvalue weighted by atomic mass is 10.1. The first-order valence-electron chi connectivity index (χ1n) is 9.17. The zero-order valence-electron chi connectivity index (χ0n) is 16.2. The van der Waals surface area contributed by atoms with E-state index in [0.717, 1.165) is 33.7 Å². The molecule has 0 spiro atoms. The molecule has 0 saturated heterocycles. The lowest BCUT2D eigenvalue weighted by Crippen LogP contribution is -2.21. The van der Waals surface area contributed by atoms with E-state index in [2.05, 4.69) is 15.5 Å². The number of aryl methyl sites for hydroxylation is 1. The maximum absolute atomic E-state index is 8.99. The van der Waals surface area contributed by atoms with E-state index < -0.39 is 5.84 Å². The molecular weight excluding hydrogens is 376 g/mol. The van der Waals surface area contributed by atoms with Gasteiger partial charge < -0.3 is 5.73 Å². The second kappa shape index (κ2) is 7.85. The molecule has 0 aliphatic carbocycles. The molecule has 0 bridgehead atoms. The average Bonchev–Trinajstić information content (AvgIpc) is 3.10. The second-order valence-corrected chi connectivity index (χ2v) is 6.57. The molecule has 0 saturated carbocycles. The number of amidine groups is 1. The Bertz CT molecular complexity index is 1310. The molecule has 146 valence electrons. The van der Waals surface area contributed by atoms with Crippen molar-refractivity contribution in [1.82, 2.24) is 14.6 Å². The summed E-state index contributed by atoms with van der Waals surface area (Å²) in [4.78, 5) is 4.57. The molecular formula is C22H18N8. The topological polar surface area (TPSA) is 128 Å². The SMILES string of the molecule is Cc1nn2c(-c3cccc(N/N=C(\C#N)C(=N)N)c3)ccnc2c1-c1ccccc1. The largest absolute Gasteiger partial charge is 0.382 e. The highest BCUT2D eigenvalue weighted by Crippen LogP contribution is 2.30. The van der Waals surface area contributed by atoms with Crippen molar-refractivity contribution in [2.75, 3.05) is 5.43 Å². The molecule has 30 heavy (non-hydrogen) atoms. The number of aromatic nitrogens is 3. The summed E-state index contributed by atoms with van der Waals surface area (Å²) in [6, 6.07) is 21.3. The van der Waals surface area contributed by atoms with Gasteiger partial charge >= 0.3 is 0 Å². The van der Waals surface area contributed by atoms with Gasteiger partial charge in [-0.25, -0.2) is 9.50 Å². The van der Waals surface area contributed by atoms with Gasteiger partial charge in [0.05, 0.1) is 17.1 Å². The van der Waals surface area contributed by atoms with Gasteiger partial charge in [-0.2, -0.15) is 15.5 Å². The van der Waals surface area contributed by atoms with Gasteiger partial charge in [0.15, 0.2) is 11.5 Å². The highest BCUT2D eigenvalue weighted by Gasteiger charge is 2.15. The summed E-state index contributed by atoms with van der Waals surface area (Å²) in [6.45, 7) is 1.97. The molecule has 0 aliphatic heterocycles. The Morgan fingerprint density at radius 1 is 1.13 bits per heavy atom. The first-order chi connectivity index (χ1) is 14.6. The van der Waals surface area contributed by atoms with Crippen LogP contribution in [0.4, 0.5) is 5.69 Å². The van der Waals surface area contributed by atoms with Crippen LogP contribution >= 0.6 is 0 Å². The number of nitriles is 1. The van der Waals surface area contributed by atoms with Crippen molar-refractivity contribution >= 4 is 22.9 Å². The molecule has 2 heterocycles. The molecule has 0 aliphatic rings. The maximum atomic E-state index is 8.99. The fourth-order valence-corrected chi connectivity index (χ4v) is 3.23. The first kappa shape index (κ1) is 18.8. The van der Waals surface area contributed by atoms with Crippen LogP contribution in [0.3, 0.4) is 0 Å². The fourth-order valence-electron chi connectivity index (χ4n) is 3.23. The van der Waals surface area contributed by atoms with Gasteiger partial charge in [-0.15, -0.1) is 0 Å². The number of nitrogens with one attached hydrogen (secondary N) is 2. The number of anilines is 1. The third-order valence-corrected chi connectivity index (χ3v) is 4.57. The minimum atomic E-state index is -0.391. The second-order valence-electron chi connectivity index (χ2n) is 6.57. The van der Waals surface area contributed by atoms with E-state index in [4.69, 9.17) is 21.5 Å². The Balaban J connectivity index is 1.78.